The molecule has 8 heteroatoms. The third-order valence-corrected chi connectivity index (χ3v) is 4.95. The summed E-state index contributed by atoms with van der Waals surface area (Å²) >= 11 is 11.6. The summed E-state index contributed by atoms with van der Waals surface area (Å²) in [4.78, 5) is 11.4. The predicted octanol–water partition coefficient (Wildman–Crippen LogP) is 3.15. The van der Waals surface area contributed by atoms with Crippen molar-refractivity contribution in [1.29, 1.82) is 0 Å². The van der Waals surface area contributed by atoms with Gasteiger partial charge in [-0.3, -0.25) is 9.52 Å². The number of anilines is 1. The van der Waals surface area contributed by atoms with Crippen LogP contribution in [-0.4, -0.2) is 21.4 Å². The van der Waals surface area contributed by atoms with Gasteiger partial charge in [0.25, 0.3) is 15.9 Å². The van der Waals surface area contributed by atoms with Crippen molar-refractivity contribution in [2.45, 2.75) is 4.90 Å². The predicted molar refractivity (Wildman–Crippen MR) is 87.1 cm³/mol. The van der Waals surface area contributed by atoms with Crippen LogP contribution in [0.2, 0.25) is 10.0 Å². The molecule has 116 valence electrons. The van der Waals surface area contributed by atoms with Gasteiger partial charge in [0.1, 0.15) is 0 Å². The fourth-order valence-corrected chi connectivity index (χ4v) is 3.14. The topological polar surface area (TPSA) is 75.3 Å². The summed E-state index contributed by atoms with van der Waals surface area (Å²) in [5.74, 6) is -0.251. The van der Waals surface area contributed by atoms with E-state index >= 15 is 0 Å². The molecule has 0 saturated carbocycles. The molecule has 0 atom stereocenters. The maximum Gasteiger partial charge on any atom is 0.261 e. The highest BCUT2D eigenvalue weighted by Crippen LogP contribution is 2.26. The van der Waals surface area contributed by atoms with Crippen molar-refractivity contribution < 1.29 is 13.2 Å². The summed E-state index contributed by atoms with van der Waals surface area (Å²) < 4.78 is 26.9. The van der Waals surface area contributed by atoms with Gasteiger partial charge < -0.3 is 5.32 Å². The molecular formula is C14H12Cl2N2O3S. The molecule has 0 spiro atoms. The molecule has 2 N–H and O–H groups in total. The Morgan fingerprint density at radius 1 is 1.00 bits per heavy atom. The molecule has 0 radical (unpaired) electrons. The highest BCUT2D eigenvalue weighted by atomic mass is 35.5. The van der Waals surface area contributed by atoms with Gasteiger partial charge in [-0.05, 0) is 42.5 Å². The van der Waals surface area contributed by atoms with Crippen LogP contribution >= 0.6 is 23.2 Å². The maximum absolute atomic E-state index is 12.2. The number of sulfonamides is 1. The molecule has 0 heterocycles. The molecule has 0 aliphatic rings. The quantitative estimate of drug-likeness (QED) is 0.881. The lowest BCUT2D eigenvalue weighted by Crippen LogP contribution is -2.18. The lowest BCUT2D eigenvalue weighted by Gasteiger charge is -2.09. The Labute approximate surface area is 138 Å². The molecule has 0 aliphatic carbocycles. The van der Waals surface area contributed by atoms with Crippen molar-refractivity contribution in [3.05, 3.63) is 58.1 Å². The number of hydrogen-bond donors (Lipinski definition) is 2. The lowest BCUT2D eigenvalue weighted by molar-refractivity contribution is 0.0963. The number of halogens is 2. The van der Waals surface area contributed by atoms with Crippen molar-refractivity contribution >= 4 is 44.8 Å². The Balaban J connectivity index is 2.25. The van der Waals surface area contributed by atoms with E-state index in [9.17, 15) is 13.2 Å². The zero-order valence-corrected chi connectivity index (χ0v) is 13.8. The monoisotopic (exact) mass is 358 g/mol. The van der Waals surface area contributed by atoms with E-state index in [1.807, 2.05) is 0 Å². The van der Waals surface area contributed by atoms with Gasteiger partial charge in [-0.2, -0.15) is 0 Å². The summed E-state index contributed by atoms with van der Waals surface area (Å²) in [7, 11) is -2.27. The number of nitrogens with one attached hydrogen (secondary N) is 2. The molecule has 0 bridgehead atoms. The second-order valence-corrected chi connectivity index (χ2v) is 6.83. The molecule has 1 amide bonds. The van der Waals surface area contributed by atoms with Crippen LogP contribution in [-0.2, 0) is 10.0 Å². The summed E-state index contributed by atoms with van der Waals surface area (Å²) in [6.07, 6.45) is 0. The number of carbonyl (C=O) groups excluding carboxylic acids is 1. The van der Waals surface area contributed by atoms with E-state index in [2.05, 4.69) is 10.0 Å². The first-order valence-corrected chi connectivity index (χ1v) is 8.37. The Kier molecular flexibility index (Phi) is 4.95. The Hall–Kier alpha value is -1.76. The van der Waals surface area contributed by atoms with Crippen LogP contribution in [0, 0.1) is 0 Å². The number of carbonyl (C=O) groups is 1. The van der Waals surface area contributed by atoms with E-state index in [1.54, 1.807) is 0 Å². The van der Waals surface area contributed by atoms with E-state index in [4.69, 9.17) is 23.2 Å². The second-order valence-electron chi connectivity index (χ2n) is 4.34. The molecule has 0 unspecified atom stereocenters. The van der Waals surface area contributed by atoms with Gasteiger partial charge in [-0.1, -0.05) is 23.2 Å². The zero-order chi connectivity index (χ0) is 16.3. The van der Waals surface area contributed by atoms with Crippen LogP contribution in [0.5, 0.6) is 0 Å². The normalized spacial score (nSPS) is 11.0. The minimum absolute atomic E-state index is 0.00252. The van der Waals surface area contributed by atoms with E-state index in [1.165, 1.54) is 49.5 Å². The lowest BCUT2D eigenvalue weighted by atomic mass is 10.2. The smallest absolute Gasteiger partial charge is 0.261 e. The maximum atomic E-state index is 12.2. The molecule has 0 fully saturated rings. The molecule has 0 aliphatic heterocycles. The molecule has 2 aromatic carbocycles. The summed E-state index contributed by atoms with van der Waals surface area (Å²) in [6.45, 7) is 0. The highest BCUT2D eigenvalue weighted by molar-refractivity contribution is 7.92. The molecule has 5 nitrogen and oxygen atoms in total. The van der Waals surface area contributed by atoms with E-state index < -0.39 is 10.0 Å². The molecule has 2 rings (SSSR count). The largest absolute Gasteiger partial charge is 0.355 e. The van der Waals surface area contributed by atoms with Crippen LogP contribution in [0.1, 0.15) is 10.4 Å². The van der Waals surface area contributed by atoms with Crippen LogP contribution in [0.3, 0.4) is 0 Å². The van der Waals surface area contributed by atoms with Crippen molar-refractivity contribution in [2.75, 3.05) is 11.8 Å². The fourth-order valence-electron chi connectivity index (χ4n) is 1.69. The second kappa shape index (κ2) is 6.56. The molecule has 0 saturated heterocycles. The van der Waals surface area contributed by atoms with Gasteiger partial charge in [-0.15, -0.1) is 0 Å². The first-order valence-electron chi connectivity index (χ1n) is 6.13. The van der Waals surface area contributed by atoms with Crippen LogP contribution in [0.15, 0.2) is 47.4 Å². The van der Waals surface area contributed by atoms with Gasteiger partial charge in [0, 0.05) is 18.3 Å². The van der Waals surface area contributed by atoms with Gasteiger partial charge in [0.05, 0.1) is 14.9 Å². The van der Waals surface area contributed by atoms with Crippen LogP contribution < -0.4 is 10.0 Å². The minimum Gasteiger partial charge on any atom is -0.355 e. The third-order valence-electron chi connectivity index (χ3n) is 2.83. The van der Waals surface area contributed by atoms with Crippen molar-refractivity contribution in [1.82, 2.24) is 5.32 Å². The number of hydrogen-bond acceptors (Lipinski definition) is 3. The number of rotatable bonds is 4. The summed E-state index contributed by atoms with van der Waals surface area (Å²) in [5, 5.41) is 2.91. The van der Waals surface area contributed by atoms with Gasteiger partial charge in [0.15, 0.2) is 0 Å². The van der Waals surface area contributed by atoms with E-state index in [0.717, 1.165) is 0 Å². The minimum atomic E-state index is -3.78. The Bertz CT molecular complexity index is 805. The first-order chi connectivity index (χ1) is 10.3. The number of amides is 1. The third kappa shape index (κ3) is 3.71. The summed E-state index contributed by atoms with van der Waals surface area (Å²) in [6, 6.07) is 10.1. The molecular weight excluding hydrogens is 347 g/mol. The van der Waals surface area contributed by atoms with E-state index in [-0.39, 0.29) is 20.8 Å². The standard InChI is InChI=1S/C14H12Cl2N2O3S/c1-17-14(19)9-2-4-10(5-3-9)18-22(20,21)11-6-7-12(15)13(16)8-11/h2-8,18H,1H3,(H,17,19). The van der Waals surface area contributed by atoms with E-state index in [0.29, 0.717) is 11.3 Å². The average Bonchev–Trinajstić information content (AvgIpc) is 2.49. The van der Waals surface area contributed by atoms with Crippen molar-refractivity contribution in [3.63, 3.8) is 0 Å². The molecule has 0 aromatic heterocycles. The fraction of sp³-hybridized carbons (Fsp3) is 0.0714. The number of benzene rings is 2. The Morgan fingerprint density at radius 3 is 2.18 bits per heavy atom. The zero-order valence-electron chi connectivity index (χ0n) is 11.4. The van der Waals surface area contributed by atoms with Crippen LogP contribution in [0.4, 0.5) is 5.69 Å². The average molecular weight is 359 g/mol. The Morgan fingerprint density at radius 2 is 1.64 bits per heavy atom. The molecule has 2 aromatic rings. The van der Waals surface area contributed by atoms with Crippen LogP contribution in [0.25, 0.3) is 0 Å². The van der Waals surface area contributed by atoms with Gasteiger partial charge in [-0.25, -0.2) is 8.42 Å². The van der Waals surface area contributed by atoms with Crippen molar-refractivity contribution in [2.24, 2.45) is 0 Å². The summed E-state index contributed by atoms with van der Waals surface area (Å²) in [5.41, 5.74) is 0.763. The molecule has 22 heavy (non-hydrogen) atoms. The first kappa shape index (κ1) is 16.6. The van der Waals surface area contributed by atoms with Gasteiger partial charge in [0.2, 0.25) is 0 Å². The highest BCUT2D eigenvalue weighted by Gasteiger charge is 2.16. The van der Waals surface area contributed by atoms with Crippen molar-refractivity contribution in [3.8, 4) is 0 Å². The van der Waals surface area contributed by atoms with Gasteiger partial charge >= 0.3 is 0 Å². The SMILES string of the molecule is CNC(=O)c1ccc(NS(=O)(=O)c2ccc(Cl)c(Cl)c2)cc1.